The van der Waals surface area contributed by atoms with Crippen molar-refractivity contribution in [2.45, 2.75) is 39.7 Å². The van der Waals surface area contributed by atoms with Crippen LogP contribution in [-0.4, -0.2) is 36.5 Å². The van der Waals surface area contributed by atoms with Crippen molar-refractivity contribution in [3.8, 4) is 0 Å². The lowest BCUT2D eigenvalue weighted by Gasteiger charge is -2.34. The Balaban J connectivity index is 2.19. The number of nitrogens with zero attached hydrogens (tertiary/aromatic N) is 1. The van der Waals surface area contributed by atoms with Gasteiger partial charge in [0.15, 0.2) is 0 Å². The van der Waals surface area contributed by atoms with Gasteiger partial charge in [-0.25, -0.2) is 0 Å². The second-order valence-corrected chi connectivity index (χ2v) is 5.45. The van der Waals surface area contributed by atoms with Crippen molar-refractivity contribution in [1.29, 1.82) is 0 Å². The Morgan fingerprint density at radius 3 is 2.32 bits per heavy atom. The summed E-state index contributed by atoms with van der Waals surface area (Å²) >= 11 is 0. The van der Waals surface area contributed by atoms with E-state index in [9.17, 15) is 4.79 Å². The van der Waals surface area contributed by atoms with Gasteiger partial charge in [-0.05, 0) is 58.8 Å². The Labute approximate surface area is 116 Å². The summed E-state index contributed by atoms with van der Waals surface area (Å²) in [5.41, 5.74) is 3.15. The van der Waals surface area contributed by atoms with E-state index < -0.39 is 0 Å². The molecule has 1 aliphatic rings. The molecule has 0 atom stereocenters. The van der Waals surface area contributed by atoms with E-state index in [-0.39, 0.29) is 5.91 Å². The fraction of sp³-hybridized carbons (Fsp3) is 0.562. The Hall–Kier alpha value is -1.35. The molecule has 1 aliphatic heterocycles. The van der Waals surface area contributed by atoms with Crippen LogP contribution < -0.4 is 5.32 Å². The molecule has 0 aromatic heterocycles. The standard InChI is InChI=1S/C16H24N2O/c1-4-18(15-5-7-17-8-6-15)16(19)14-10-12(2)9-13(3)11-14/h9-11,15,17H,4-8H2,1-3H3. The van der Waals surface area contributed by atoms with Crippen molar-refractivity contribution in [3.05, 3.63) is 34.9 Å². The normalized spacial score (nSPS) is 16.4. The highest BCUT2D eigenvalue weighted by Gasteiger charge is 2.24. The lowest BCUT2D eigenvalue weighted by atomic mass is 10.0. The van der Waals surface area contributed by atoms with E-state index in [1.165, 1.54) is 0 Å². The third-order valence-corrected chi connectivity index (χ3v) is 3.82. The first-order chi connectivity index (χ1) is 9.11. The van der Waals surface area contributed by atoms with Crippen molar-refractivity contribution in [1.82, 2.24) is 10.2 Å². The number of benzene rings is 1. The number of rotatable bonds is 3. The van der Waals surface area contributed by atoms with Crippen molar-refractivity contribution in [3.63, 3.8) is 0 Å². The van der Waals surface area contributed by atoms with Crippen LogP contribution in [0.1, 0.15) is 41.3 Å². The molecule has 2 rings (SSSR count). The van der Waals surface area contributed by atoms with Crippen molar-refractivity contribution >= 4 is 5.91 Å². The van der Waals surface area contributed by atoms with Gasteiger partial charge in [-0.15, -0.1) is 0 Å². The van der Waals surface area contributed by atoms with Gasteiger partial charge in [-0.2, -0.15) is 0 Å². The zero-order valence-corrected chi connectivity index (χ0v) is 12.2. The van der Waals surface area contributed by atoms with Gasteiger partial charge < -0.3 is 10.2 Å². The van der Waals surface area contributed by atoms with Gasteiger partial charge in [0.2, 0.25) is 0 Å². The molecule has 1 fully saturated rings. The minimum atomic E-state index is 0.182. The van der Waals surface area contributed by atoms with E-state index >= 15 is 0 Å². The second-order valence-electron chi connectivity index (χ2n) is 5.45. The summed E-state index contributed by atoms with van der Waals surface area (Å²) in [6.45, 7) is 8.98. The predicted molar refractivity (Wildman–Crippen MR) is 78.5 cm³/mol. The van der Waals surface area contributed by atoms with Gasteiger partial charge in [-0.3, -0.25) is 4.79 Å². The van der Waals surface area contributed by atoms with E-state index in [4.69, 9.17) is 0 Å². The van der Waals surface area contributed by atoms with Crippen LogP contribution in [0.3, 0.4) is 0 Å². The van der Waals surface area contributed by atoms with Gasteiger partial charge in [0.1, 0.15) is 0 Å². The highest BCUT2D eigenvalue weighted by molar-refractivity contribution is 5.94. The Bertz CT molecular complexity index is 430. The zero-order chi connectivity index (χ0) is 13.8. The third-order valence-electron chi connectivity index (χ3n) is 3.82. The quantitative estimate of drug-likeness (QED) is 0.905. The van der Waals surface area contributed by atoms with Gasteiger partial charge in [0.25, 0.3) is 5.91 Å². The number of nitrogens with one attached hydrogen (secondary N) is 1. The molecule has 3 heteroatoms. The van der Waals surface area contributed by atoms with Crippen molar-refractivity contribution in [2.75, 3.05) is 19.6 Å². The molecule has 0 radical (unpaired) electrons. The molecule has 1 aromatic carbocycles. The average Bonchev–Trinajstić information content (AvgIpc) is 2.39. The molecular weight excluding hydrogens is 236 g/mol. The second kappa shape index (κ2) is 6.20. The van der Waals surface area contributed by atoms with Gasteiger partial charge in [0, 0.05) is 18.2 Å². The summed E-state index contributed by atoms with van der Waals surface area (Å²) in [5, 5.41) is 3.35. The number of hydrogen-bond donors (Lipinski definition) is 1. The Morgan fingerprint density at radius 2 is 1.79 bits per heavy atom. The minimum absolute atomic E-state index is 0.182. The highest BCUT2D eigenvalue weighted by atomic mass is 16.2. The van der Waals surface area contributed by atoms with E-state index in [1.807, 2.05) is 30.9 Å². The smallest absolute Gasteiger partial charge is 0.254 e. The molecule has 1 N–H and O–H groups in total. The van der Waals surface area contributed by atoms with E-state index in [2.05, 4.69) is 18.3 Å². The third kappa shape index (κ3) is 3.35. The molecule has 3 nitrogen and oxygen atoms in total. The Morgan fingerprint density at radius 1 is 1.21 bits per heavy atom. The van der Waals surface area contributed by atoms with Gasteiger partial charge in [-0.1, -0.05) is 17.2 Å². The maximum atomic E-state index is 12.7. The molecule has 19 heavy (non-hydrogen) atoms. The molecule has 0 bridgehead atoms. The maximum absolute atomic E-state index is 12.7. The topological polar surface area (TPSA) is 32.3 Å². The SMILES string of the molecule is CCN(C(=O)c1cc(C)cc(C)c1)C1CCNCC1. The van der Waals surface area contributed by atoms with Crippen LogP contribution in [-0.2, 0) is 0 Å². The molecular formula is C16H24N2O. The molecule has 0 unspecified atom stereocenters. The first-order valence-electron chi connectivity index (χ1n) is 7.21. The van der Waals surface area contributed by atoms with E-state index in [0.717, 1.165) is 49.2 Å². The number of piperidine rings is 1. The van der Waals surface area contributed by atoms with Gasteiger partial charge in [0.05, 0.1) is 0 Å². The summed E-state index contributed by atoms with van der Waals surface area (Å²) in [4.78, 5) is 14.7. The van der Waals surface area contributed by atoms with Crippen molar-refractivity contribution in [2.24, 2.45) is 0 Å². The molecule has 1 heterocycles. The molecule has 1 aromatic rings. The monoisotopic (exact) mass is 260 g/mol. The predicted octanol–water partition coefficient (Wildman–Crippen LogP) is 2.52. The van der Waals surface area contributed by atoms with E-state index in [1.54, 1.807) is 0 Å². The van der Waals surface area contributed by atoms with Crippen LogP contribution in [0.25, 0.3) is 0 Å². The number of amides is 1. The first kappa shape index (κ1) is 14.1. The van der Waals surface area contributed by atoms with Gasteiger partial charge >= 0.3 is 0 Å². The summed E-state index contributed by atoms with van der Waals surface area (Å²) in [6.07, 6.45) is 2.12. The first-order valence-corrected chi connectivity index (χ1v) is 7.21. The molecule has 0 saturated carbocycles. The number of aryl methyl sites for hydroxylation is 2. The van der Waals surface area contributed by atoms with Crippen LogP contribution in [0.15, 0.2) is 18.2 Å². The van der Waals surface area contributed by atoms with Crippen molar-refractivity contribution < 1.29 is 4.79 Å². The zero-order valence-electron chi connectivity index (χ0n) is 12.2. The minimum Gasteiger partial charge on any atom is -0.336 e. The highest BCUT2D eigenvalue weighted by Crippen LogP contribution is 2.17. The molecule has 1 amide bonds. The molecule has 0 spiro atoms. The summed E-state index contributed by atoms with van der Waals surface area (Å²) in [7, 11) is 0. The Kier molecular flexibility index (Phi) is 4.59. The van der Waals surface area contributed by atoms with Crippen LogP contribution in [0.5, 0.6) is 0 Å². The van der Waals surface area contributed by atoms with Crippen LogP contribution >= 0.6 is 0 Å². The lowest BCUT2D eigenvalue weighted by Crippen LogP contribution is -2.46. The number of hydrogen-bond acceptors (Lipinski definition) is 2. The lowest BCUT2D eigenvalue weighted by molar-refractivity contribution is 0.0656. The summed E-state index contributed by atoms with van der Waals surface area (Å²) < 4.78 is 0. The van der Waals surface area contributed by atoms with Crippen LogP contribution in [0.2, 0.25) is 0 Å². The fourth-order valence-electron chi connectivity index (χ4n) is 2.95. The number of carbonyl (C=O) groups excluding carboxylic acids is 1. The summed E-state index contributed by atoms with van der Waals surface area (Å²) in [6, 6.07) is 6.50. The number of carbonyl (C=O) groups is 1. The average molecular weight is 260 g/mol. The molecule has 0 aliphatic carbocycles. The van der Waals surface area contributed by atoms with Crippen LogP contribution in [0, 0.1) is 13.8 Å². The van der Waals surface area contributed by atoms with Crippen LogP contribution in [0.4, 0.5) is 0 Å². The maximum Gasteiger partial charge on any atom is 0.254 e. The molecule has 1 saturated heterocycles. The summed E-state index contributed by atoms with van der Waals surface area (Å²) in [5.74, 6) is 0.182. The van der Waals surface area contributed by atoms with E-state index in [0.29, 0.717) is 6.04 Å². The molecule has 104 valence electrons. The largest absolute Gasteiger partial charge is 0.336 e. The fourth-order valence-corrected chi connectivity index (χ4v) is 2.95.